The van der Waals surface area contributed by atoms with E-state index >= 15 is 0 Å². The lowest BCUT2D eigenvalue weighted by Gasteiger charge is -2.24. The Morgan fingerprint density at radius 3 is 2.41 bits per heavy atom. The molecule has 5 nitrogen and oxygen atoms in total. The first kappa shape index (κ1) is 16.2. The summed E-state index contributed by atoms with van der Waals surface area (Å²) < 4.78 is 1.70. The van der Waals surface area contributed by atoms with Crippen molar-refractivity contribution in [3.05, 3.63) is 53.9 Å². The Morgan fingerprint density at radius 1 is 1.18 bits per heavy atom. The zero-order valence-corrected chi connectivity index (χ0v) is 13.6. The summed E-state index contributed by atoms with van der Waals surface area (Å²) in [7, 11) is 3.62. The fraction of sp³-hybridized carbons (Fsp3) is 0.412. The Hall–Kier alpha value is -2.14. The molecule has 2 aromatic rings. The van der Waals surface area contributed by atoms with Crippen molar-refractivity contribution < 1.29 is 4.79 Å². The summed E-state index contributed by atoms with van der Waals surface area (Å²) in [6.07, 6.45) is 3.57. The molecule has 0 aliphatic carbocycles. The summed E-state index contributed by atoms with van der Waals surface area (Å²) in [4.78, 5) is 12.5. The van der Waals surface area contributed by atoms with Crippen LogP contribution in [0.25, 0.3) is 0 Å². The lowest BCUT2D eigenvalue weighted by molar-refractivity contribution is -0.123. The molecule has 0 radical (unpaired) electrons. The van der Waals surface area contributed by atoms with Crippen LogP contribution < -0.4 is 10.6 Å². The monoisotopic (exact) mass is 300 g/mol. The first-order chi connectivity index (χ1) is 10.5. The van der Waals surface area contributed by atoms with Crippen molar-refractivity contribution in [2.45, 2.75) is 31.8 Å². The van der Waals surface area contributed by atoms with E-state index in [0.717, 1.165) is 5.56 Å². The van der Waals surface area contributed by atoms with Crippen LogP contribution in [-0.2, 0) is 11.8 Å². The van der Waals surface area contributed by atoms with E-state index in [0.29, 0.717) is 0 Å². The molecule has 0 saturated carbocycles. The minimum Gasteiger partial charge on any atom is -0.351 e. The van der Waals surface area contributed by atoms with Crippen molar-refractivity contribution in [1.29, 1.82) is 0 Å². The molecule has 3 atom stereocenters. The van der Waals surface area contributed by atoms with Gasteiger partial charge in [0, 0.05) is 30.8 Å². The Kier molecular flexibility index (Phi) is 5.33. The molecule has 0 aliphatic heterocycles. The molecule has 1 heterocycles. The first-order valence-corrected chi connectivity index (χ1v) is 7.54. The molecule has 1 aromatic heterocycles. The van der Waals surface area contributed by atoms with Gasteiger partial charge >= 0.3 is 0 Å². The number of hydrogen-bond acceptors (Lipinski definition) is 3. The van der Waals surface area contributed by atoms with Gasteiger partial charge in [0.2, 0.25) is 5.91 Å². The number of likely N-dealkylation sites (N-methyl/N-ethyl adjacent to an activating group) is 1. The van der Waals surface area contributed by atoms with Crippen molar-refractivity contribution in [3.8, 4) is 0 Å². The second-order valence-electron chi connectivity index (χ2n) is 5.67. The second-order valence-corrected chi connectivity index (χ2v) is 5.67. The van der Waals surface area contributed by atoms with Gasteiger partial charge in [0.25, 0.3) is 0 Å². The third-order valence-corrected chi connectivity index (χ3v) is 4.05. The Bertz CT molecular complexity index is 608. The lowest BCUT2D eigenvalue weighted by Crippen LogP contribution is -2.42. The van der Waals surface area contributed by atoms with E-state index < -0.39 is 0 Å². The first-order valence-electron chi connectivity index (χ1n) is 7.54. The van der Waals surface area contributed by atoms with Crippen LogP contribution in [0.15, 0.2) is 42.7 Å². The minimum absolute atomic E-state index is 0.0363. The fourth-order valence-electron chi connectivity index (χ4n) is 2.52. The van der Waals surface area contributed by atoms with Crippen molar-refractivity contribution in [1.82, 2.24) is 20.4 Å². The summed E-state index contributed by atoms with van der Waals surface area (Å²) >= 11 is 0. The van der Waals surface area contributed by atoms with Gasteiger partial charge < -0.3 is 10.6 Å². The van der Waals surface area contributed by atoms with Crippen molar-refractivity contribution >= 4 is 5.91 Å². The SMILES string of the molecule is CNC(C(=O)NC(C)C(C)c1ccccc1)c1cnn(C)c1. The van der Waals surface area contributed by atoms with Crippen LogP contribution in [0.5, 0.6) is 0 Å². The highest BCUT2D eigenvalue weighted by Crippen LogP contribution is 2.19. The minimum atomic E-state index is -0.390. The van der Waals surface area contributed by atoms with E-state index in [1.165, 1.54) is 5.56 Å². The standard InChI is InChI=1S/C17H24N4O/c1-12(14-8-6-5-7-9-14)13(2)20-17(22)16(18-3)15-10-19-21(4)11-15/h5-13,16,18H,1-4H3,(H,20,22). The van der Waals surface area contributed by atoms with E-state index in [4.69, 9.17) is 0 Å². The van der Waals surface area contributed by atoms with Gasteiger partial charge in [-0.3, -0.25) is 9.48 Å². The van der Waals surface area contributed by atoms with Gasteiger partial charge in [-0.25, -0.2) is 0 Å². The quantitative estimate of drug-likeness (QED) is 0.858. The third-order valence-electron chi connectivity index (χ3n) is 4.05. The molecule has 0 aliphatic rings. The van der Waals surface area contributed by atoms with Gasteiger partial charge in [0.05, 0.1) is 6.20 Å². The number of nitrogens with zero attached hydrogens (tertiary/aromatic N) is 2. The van der Waals surface area contributed by atoms with Crippen LogP contribution in [0.1, 0.15) is 36.9 Å². The number of carbonyl (C=O) groups excluding carboxylic acids is 1. The number of aromatic nitrogens is 2. The number of benzene rings is 1. The predicted molar refractivity (Wildman–Crippen MR) is 87.5 cm³/mol. The van der Waals surface area contributed by atoms with E-state index in [-0.39, 0.29) is 23.9 Å². The highest BCUT2D eigenvalue weighted by Gasteiger charge is 2.23. The zero-order chi connectivity index (χ0) is 16.1. The van der Waals surface area contributed by atoms with Crippen LogP contribution in [0.2, 0.25) is 0 Å². The largest absolute Gasteiger partial charge is 0.351 e. The van der Waals surface area contributed by atoms with Crippen LogP contribution in [-0.4, -0.2) is 28.8 Å². The molecule has 5 heteroatoms. The van der Waals surface area contributed by atoms with Crippen LogP contribution in [0.3, 0.4) is 0 Å². The number of nitrogens with one attached hydrogen (secondary N) is 2. The summed E-state index contributed by atoms with van der Waals surface area (Å²) in [5.74, 6) is 0.210. The van der Waals surface area contributed by atoms with Gasteiger partial charge in [-0.05, 0) is 19.5 Å². The van der Waals surface area contributed by atoms with E-state index in [9.17, 15) is 4.79 Å². The molecule has 0 saturated heterocycles. The maximum Gasteiger partial charge on any atom is 0.242 e. The fourth-order valence-corrected chi connectivity index (χ4v) is 2.52. The summed E-state index contributed by atoms with van der Waals surface area (Å²) in [6, 6.07) is 9.87. The zero-order valence-electron chi connectivity index (χ0n) is 13.6. The predicted octanol–water partition coefficient (Wildman–Crippen LogP) is 1.99. The molecule has 1 aromatic carbocycles. The molecule has 3 unspecified atom stereocenters. The normalized spacial score (nSPS) is 15.1. The molecule has 0 spiro atoms. The Labute approximate surface area is 131 Å². The van der Waals surface area contributed by atoms with Gasteiger partial charge in [0.15, 0.2) is 0 Å². The molecule has 0 fully saturated rings. The number of aryl methyl sites for hydroxylation is 1. The second kappa shape index (κ2) is 7.22. The lowest BCUT2D eigenvalue weighted by atomic mass is 9.94. The molecule has 2 N–H and O–H groups in total. The number of amides is 1. The summed E-state index contributed by atoms with van der Waals surface area (Å²) in [5, 5.41) is 10.3. The third kappa shape index (κ3) is 3.74. The number of rotatable bonds is 6. The van der Waals surface area contributed by atoms with Crippen molar-refractivity contribution in [2.24, 2.45) is 7.05 Å². The highest BCUT2D eigenvalue weighted by atomic mass is 16.2. The maximum absolute atomic E-state index is 12.5. The molecule has 0 bridgehead atoms. The molecular formula is C17H24N4O. The summed E-state index contributed by atoms with van der Waals surface area (Å²) in [5.41, 5.74) is 2.08. The van der Waals surface area contributed by atoms with Crippen molar-refractivity contribution in [2.75, 3.05) is 7.05 Å². The topological polar surface area (TPSA) is 59.0 Å². The smallest absolute Gasteiger partial charge is 0.242 e. The van der Waals surface area contributed by atoms with Crippen LogP contribution in [0, 0.1) is 0 Å². The number of carbonyl (C=O) groups is 1. The maximum atomic E-state index is 12.5. The average Bonchev–Trinajstić information content (AvgIpc) is 2.94. The van der Waals surface area contributed by atoms with Gasteiger partial charge in [-0.15, -0.1) is 0 Å². The van der Waals surface area contributed by atoms with Gasteiger partial charge in [-0.2, -0.15) is 5.10 Å². The Balaban J connectivity index is 2.03. The average molecular weight is 300 g/mol. The molecule has 2 rings (SSSR count). The van der Waals surface area contributed by atoms with Crippen molar-refractivity contribution in [3.63, 3.8) is 0 Å². The van der Waals surface area contributed by atoms with E-state index in [2.05, 4.69) is 34.8 Å². The Morgan fingerprint density at radius 2 is 1.86 bits per heavy atom. The van der Waals surface area contributed by atoms with E-state index in [1.54, 1.807) is 17.9 Å². The molecule has 1 amide bonds. The molecular weight excluding hydrogens is 276 g/mol. The highest BCUT2D eigenvalue weighted by molar-refractivity contribution is 5.83. The van der Waals surface area contributed by atoms with Gasteiger partial charge in [0.1, 0.15) is 6.04 Å². The molecule has 118 valence electrons. The van der Waals surface area contributed by atoms with Gasteiger partial charge in [-0.1, -0.05) is 37.3 Å². The van der Waals surface area contributed by atoms with Crippen LogP contribution in [0.4, 0.5) is 0 Å². The number of hydrogen-bond donors (Lipinski definition) is 2. The summed E-state index contributed by atoms with van der Waals surface area (Å²) in [6.45, 7) is 4.16. The van der Waals surface area contributed by atoms with Crippen LogP contribution >= 0.6 is 0 Å². The van der Waals surface area contributed by atoms with E-state index in [1.807, 2.05) is 38.4 Å². The molecule has 22 heavy (non-hydrogen) atoms.